The molecular formula is C15H26N4. The van der Waals surface area contributed by atoms with Gasteiger partial charge in [0.25, 0.3) is 0 Å². The van der Waals surface area contributed by atoms with Crippen molar-refractivity contribution < 1.29 is 0 Å². The van der Waals surface area contributed by atoms with Crippen LogP contribution in [0.1, 0.15) is 37.7 Å². The van der Waals surface area contributed by atoms with Crippen molar-refractivity contribution in [3.8, 4) is 0 Å². The van der Waals surface area contributed by atoms with Crippen LogP contribution in [0.4, 0.5) is 5.82 Å². The molecule has 1 aromatic heterocycles. The van der Waals surface area contributed by atoms with Crippen LogP contribution in [0.2, 0.25) is 0 Å². The SMILES string of the molecule is CCCN(CC1CCCNC1)c1cc(C)nc(C)n1. The van der Waals surface area contributed by atoms with Gasteiger partial charge in [-0.1, -0.05) is 6.92 Å². The fourth-order valence-corrected chi connectivity index (χ4v) is 2.82. The van der Waals surface area contributed by atoms with Crippen LogP contribution in [0.5, 0.6) is 0 Å². The fourth-order valence-electron chi connectivity index (χ4n) is 2.82. The summed E-state index contributed by atoms with van der Waals surface area (Å²) >= 11 is 0. The van der Waals surface area contributed by atoms with E-state index in [1.165, 1.54) is 19.4 Å². The predicted octanol–water partition coefficient (Wildman–Crippen LogP) is 2.31. The minimum Gasteiger partial charge on any atom is -0.356 e. The molecule has 2 heterocycles. The monoisotopic (exact) mass is 262 g/mol. The van der Waals surface area contributed by atoms with Gasteiger partial charge >= 0.3 is 0 Å². The third-order valence-corrected chi connectivity index (χ3v) is 3.65. The summed E-state index contributed by atoms with van der Waals surface area (Å²) in [6.45, 7) is 10.8. The van der Waals surface area contributed by atoms with Gasteiger partial charge in [0.2, 0.25) is 0 Å². The lowest BCUT2D eigenvalue weighted by Crippen LogP contribution is -2.39. The Morgan fingerprint density at radius 1 is 1.37 bits per heavy atom. The zero-order valence-corrected chi connectivity index (χ0v) is 12.4. The molecule has 1 fully saturated rings. The van der Waals surface area contributed by atoms with Crippen molar-refractivity contribution in [2.75, 3.05) is 31.1 Å². The zero-order valence-electron chi connectivity index (χ0n) is 12.4. The molecule has 0 bridgehead atoms. The number of hydrogen-bond acceptors (Lipinski definition) is 4. The van der Waals surface area contributed by atoms with E-state index in [2.05, 4.69) is 33.2 Å². The number of rotatable bonds is 5. The molecule has 1 aliphatic rings. The van der Waals surface area contributed by atoms with Gasteiger partial charge in [-0.3, -0.25) is 0 Å². The summed E-state index contributed by atoms with van der Waals surface area (Å²) in [6, 6.07) is 2.11. The van der Waals surface area contributed by atoms with Gasteiger partial charge in [-0.2, -0.15) is 0 Å². The molecule has 0 saturated carbocycles. The Morgan fingerprint density at radius 3 is 2.84 bits per heavy atom. The van der Waals surface area contributed by atoms with Crippen molar-refractivity contribution in [1.82, 2.24) is 15.3 Å². The Kier molecular flexibility index (Phi) is 5.14. The Hall–Kier alpha value is -1.16. The fraction of sp³-hybridized carbons (Fsp3) is 0.733. The summed E-state index contributed by atoms with van der Waals surface area (Å²) < 4.78 is 0. The number of aromatic nitrogens is 2. The Morgan fingerprint density at radius 2 is 2.21 bits per heavy atom. The second kappa shape index (κ2) is 6.85. The van der Waals surface area contributed by atoms with Gasteiger partial charge in [0.15, 0.2) is 0 Å². The minimum atomic E-state index is 0.746. The maximum atomic E-state index is 4.61. The lowest BCUT2D eigenvalue weighted by molar-refractivity contribution is 0.376. The maximum absolute atomic E-state index is 4.61. The van der Waals surface area contributed by atoms with Gasteiger partial charge in [-0.05, 0) is 52.1 Å². The molecule has 1 aromatic rings. The first kappa shape index (κ1) is 14.3. The first-order valence-electron chi connectivity index (χ1n) is 7.47. The van der Waals surface area contributed by atoms with Crippen LogP contribution in [0.3, 0.4) is 0 Å². The van der Waals surface area contributed by atoms with E-state index in [1.807, 2.05) is 13.8 Å². The predicted molar refractivity (Wildman–Crippen MR) is 79.6 cm³/mol. The Bertz CT molecular complexity index is 379. The summed E-state index contributed by atoms with van der Waals surface area (Å²) in [7, 11) is 0. The number of piperidine rings is 1. The number of anilines is 1. The molecule has 1 atom stereocenters. The van der Waals surface area contributed by atoms with Crippen molar-refractivity contribution in [2.45, 2.75) is 40.0 Å². The molecule has 4 heteroatoms. The normalized spacial score (nSPS) is 19.4. The lowest BCUT2D eigenvalue weighted by Gasteiger charge is -2.31. The molecule has 0 spiro atoms. The van der Waals surface area contributed by atoms with Crippen LogP contribution >= 0.6 is 0 Å². The zero-order chi connectivity index (χ0) is 13.7. The lowest BCUT2D eigenvalue weighted by atomic mass is 9.99. The number of aryl methyl sites for hydroxylation is 2. The van der Waals surface area contributed by atoms with Crippen LogP contribution in [-0.2, 0) is 0 Å². The molecule has 106 valence electrons. The molecule has 0 aliphatic carbocycles. The highest BCUT2D eigenvalue weighted by Gasteiger charge is 2.18. The first-order valence-corrected chi connectivity index (χ1v) is 7.47. The summed E-state index contributed by atoms with van der Waals surface area (Å²) in [4.78, 5) is 11.4. The number of nitrogens with zero attached hydrogens (tertiary/aromatic N) is 3. The topological polar surface area (TPSA) is 41.0 Å². The van der Waals surface area contributed by atoms with E-state index in [0.29, 0.717) is 0 Å². The van der Waals surface area contributed by atoms with Crippen LogP contribution in [-0.4, -0.2) is 36.1 Å². The second-order valence-corrected chi connectivity index (χ2v) is 5.57. The van der Waals surface area contributed by atoms with Crippen LogP contribution < -0.4 is 10.2 Å². The largest absolute Gasteiger partial charge is 0.356 e. The van der Waals surface area contributed by atoms with Crippen molar-refractivity contribution in [2.24, 2.45) is 5.92 Å². The summed E-state index contributed by atoms with van der Waals surface area (Å²) in [5.41, 5.74) is 1.06. The highest BCUT2D eigenvalue weighted by molar-refractivity contribution is 5.39. The smallest absolute Gasteiger partial charge is 0.132 e. The van der Waals surface area contributed by atoms with Gasteiger partial charge in [0, 0.05) is 24.8 Å². The highest BCUT2D eigenvalue weighted by atomic mass is 15.2. The van der Waals surface area contributed by atoms with Crippen molar-refractivity contribution >= 4 is 5.82 Å². The van der Waals surface area contributed by atoms with E-state index in [1.54, 1.807) is 0 Å². The molecule has 1 N–H and O–H groups in total. The molecule has 1 aliphatic heterocycles. The van der Waals surface area contributed by atoms with E-state index in [4.69, 9.17) is 0 Å². The summed E-state index contributed by atoms with van der Waals surface area (Å²) in [5, 5.41) is 3.50. The number of nitrogens with one attached hydrogen (secondary N) is 1. The van der Waals surface area contributed by atoms with Crippen LogP contribution in [0, 0.1) is 19.8 Å². The van der Waals surface area contributed by atoms with E-state index in [9.17, 15) is 0 Å². The van der Waals surface area contributed by atoms with Gasteiger partial charge in [-0.25, -0.2) is 9.97 Å². The van der Waals surface area contributed by atoms with E-state index in [-0.39, 0.29) is 0 Å². The molecule has 1 unspecified atom stereocenters. The van der Waals surface area contributed by atoms with Gasteiger partial charge in [-0.15, -0.1) is 0 Å². The van der Waals surface area contributed by atoms with E-state index in [0.717, 1.165) is 49.3 Å². The average Bonchev–Trinajstić information content (AvgIpc) is 2.38. The second-order valence-electron chi connectivity index (χ2n) is 5.57. The molecule has 1 saturated heterocycles. The third kappa shape index (κ3) is 4.16. The van der Waals surface area contributed by atoms with E-state index >= 15 is 0 Å². The summed E-state index contributed by atoms with van der Waals surface area (Å²) in [5.74, 6) is 2.71. The van der Waals surface area contributed by atoms with Gasteiger partial charge < -0.3 is 10.2 Å². The van der Waals surface area contributed by atoms with E-state index < -0.39 is 0 Å². The molecule has 0 amide bonds. The first-order chi connectivity index (χ1) is 9.19. The van der Waals surface area contributed by atoms with Crippen molar-refractivity contribution in [1.29, 1.82) is 0 Å². The van der Waals surface area contributed by atoms with Crippen molar-refractivity contribution in [3.63, 3.8) is 0 Å². The third-order valence-electron chi connectivity index (χ3n) is 3.65. The maximum Gasteiger partial charge on any atom is 0.132 e. The Labute approximate surface area is 116 Å². The summed E-state index contributed by atoms with van der Waals surface area (Å²) in [6.07, 6.45) is 3.78. The van der Waals surface area contributed by atoms with Crippen LogP contribution in [0.25, 0.3) is 0 Å². The minimum absolute atomic E-state index is 0.746. The quantitative estimate of drug-likeness (QED) is 0.884. The molecular weight excluding hydrogens is 236 g/mol. The van der Waals surface area contributed by atoms with Crippen molar-refractivity contribution in [3.05, 3.63) is 17.6 Å². The molecule has 2 rings (SSSR count). The van der Waals surface area contributed by atoms with Gasteiger partial charge in [0.05, 0.1) is 0 Å². The average molecular weight is 262 g/mol. The Balaban J connectivity index is 2.09. The molecule has 19 heavy (non-hydrogen) atoms. The highest BCUT2D eigenvalue weighted by Crippen LogP contribution is 2.18. The number of hydrogen-bond donors (Lipinski definition) is 1. The van der Waals surface area contributed by atoms with Gasteiger partial charge in [0.1, 0.15) is 11.6 Å². The van der Waals surface area contributed by atoms with Crippen LogP contribution in [0.15, 0.2) is 6.07 Å². The molecule has 0 aromatic carbocycles. The standard InChI is InChI=1S/C15H26N4/c1-4-8-19(11-14-6-5-7-16-10-14)15-9-12(2)17-13(3)18-15/h9,14,16H,4-8,10-11H2,1-3H3. The molecule has 0 radical (unpaired) electrons. The molecule has 4 nitrogen and oxygen atoms in total.